The van der Waals surface area contributed by atoms with Gasteiger partial charge in [-0.2, -0.15) is 0 Å². The molecule has 0 aliphatic heterocycles. The minimum Gasteiger partial charge on any atom is -0.433 e. The highest BCUT2D eigenvalue weighted by Gasteiger charge is 2.60. The number of unbranched alkanes of at least 4 members (excludes halogenated alkanes) is 6. The number of carbonyl (C=O) groups is 1. The van der Waals surface area contributed by atoms with Gasteiger partial charge in [-0.1, -0.05) is 45.4 Å². The van der Waals surface area contributed by atoms with E-state index in [0.717, 1.165) is 38.5 Å². The molecule has 0 radical (unpaired) electrons. The van der Waals surface area contributed by atoms with Crippen molar-refractivity contribution in [3.63, 3.8) is 0 Å². The van der Waals surface area contributed by atoms with Crippen molar-refractivity contribution in [2.24, 2.45) is 0 Å². The van der Waals surface area contributed by atoms with Gasteiger partial charge in [0, 0.05) is 6.42 Å². The lowest BCUT2D eigenvalue weighted by atomic mass is 10.1. The van der Waals surface area contributed by atoms with Crippen LogP contribution in [0.15, 0.2) is 0 Å². The second kappa shape index (κ2) is 9.16. The normalized spacial score (nSPS) is 13.2. The van der Waals surface area contributed by atoms with Crippen molar-refractivity contribution in [1.29, 1.82) is 0 Å². The Morgan fingerprint density at radius 1 is 0.909 bits per heavy atom. The molecule has 0 aliphatic carbocycles. The van der Waals surface area contributed by atoms with E-state index in [1.165, 1.54) is 0 Å². The number of rotatable bonds is 11. The smallest absolute Gasteiger partial charge is 0.381 e. The molecule has 0 aromatic rings. The number of esters is 1. The Bertz CT molecular complexity index is 416. The van der Waals surface area contributed by atoms with Gasteiger partial charge in [0.25, 0.3) is 0 Å². The van der Waals surface area contributed by atoms with E-state index in [2.05, 4.69) is 11.7 Å². The highest BCUT2D eigenvalue weighted by atomic mass is 31.2. The van der Waals surface area contributed by atoms with Crippen molar-refractivity contribution in [2.75, 3.05) is 0 Å². The Morgan fingerprint density at radius 3 is 1.73 bits per heavy atom. The van der Waals surface area contributed by atoms with Gasteiger partial charge in [0.2, 0.25) is 0 Å². The van der Waals surface area contributed by atoms with Crippen LogP contribution in [0.25, 0.3) is 0 Å². The largest absolute Gasteiger partial charge is 0.433 e. The summed E-state index contributed by atoms with van der Waals surface area (Å²) in [5.41, 5.74) is 0. The second-order valence-electron chi connectivity index (χ2n) is 5.37. The molecule has 0 heterocycles. The quantitative estimate of drug-likeness (QED) is 0.250. The minimum absolute atomic E-state index is 0.136. The van der Waals surface area contributed by atoms with Crippen LogP contribution < -0.4 is 0 Å². The van der Waals surface area contributed by atoms with E-state index in [1.54, 1.807) is 0 Å². The van der Waals surface area contributed by atoms with Gasteiger partial charge in [0.05, 0.1) is 0 Å². The van der Waals surface area contributed by atoms with Crippen molar-refractivity contribution >= 4 is 21.2 Å². The molecule has 0 spiro atoms. The van der Waals surface area contributed by atoms with E-state index in [1.807, 2.05) is 0 Å². The van der Waals surface area contributed by atoms with Gasteiger partial charge in [0.15, 0.2) is 0 Å². The molecule has 0 rings (SSSR count). The molecule has 0 atom stereocenters. The monoisotopic (exact) mass is 360 g/mol. The SMILES string of the molecule is CCCCCCCCCC(=O)OC(C)(P(=O)(O)O)P(=O)(O)O. The molecule has 0 fully saturated rings. The van der Waals surface area contributed by atoms with E-state index >= 15 is 0 Å². The highest BCUT2D eigenvalue weighted by Crippen LogP contribution is 2.69. The van der Waals surface area contributed by atoms with Crippen LogP contribution in [-0.2, 0) is 18.7 Å². The van der Waals surface area contributed by atoms with Crippen LogP contribution in [0.2, 0.25) is 0 Å². The van der Waals surface area contributed by atoms with Crippen molar-refractivity contribution in [2.45, 2.75) is 70.3 Å². The molecule has 0 bridgehead atoms. The first kappa shape index (κ1) is 21.8. The Labute approximate surface area is 130 Å². The lowest BCUT2D eigenvalue weighted by molar-refractivity contribution is -0.148. The van der Waals surface area contributed by atoms with Crippen molar-refractivity contribution in [3.8, 4) is 0 Å². The number of hydrogen-bond acceptors (Lipinski definition) is 4. The van der Waals surface area contributed by atoms with Crippen molar-refractivity contribution in [3.05, 3.63) is 0 Å². The fourth-order valence-corrected chi connectivity index (χ4v) is 3.58. The van der Waals surface area contributed by atoms with Crippen molar-refractivity contribution in [1.82, 2.24) is 0 Å². The summed E-state index contributed by atoms with van der Waals surface area (Å²) in [6, 6.07) is 0. The van der Waals surface area contributed by atoms with E-state index in [0.29, 0.717) is 13.3 Å². The van der Waals surface area contributed by atoms with E-state index in [4.69, 9.17) is 19.6 Å². The fourth-order valence-electron chi connectivity index (χ4n) is 1.78. The predicted molar refractivity (Wildman–Crippen MR) is 81.2 cm³/mol. The topological polar surface area (TPSA) is 141 Å². The average molecular weight is 360 g/mol. The number of carbonyl (C=O) groups excluding carboxylic acids is 1. The lowest BCUT2D eigenvalue weighted by Crippen LogP contribution is -2.31. The molecule has 0 aliphatic rings. The summed E-state index contributed by atoms with van der Waals surface area (Å²) in [6.07, 6.45) is 6.46. The Hall–Kier alpha value is -0.230. The number of hydrogen-bond donors (Lipinski definition) is 4. The zero-order chi connectivity index (χ0) is 17.4. The maximum atomic E-state index is 11.6. The summed E-state index contributed by atoms with van der Waals surface area (Å²) >= 11 is 0. The first-order valence-electron chi connectivity index (χ1n) is 7.29. The molecule has 4 N–H and O–H groups in total. The highest BCUT2D eigenvalue weighted by molar-refractivity contribution is 7.72. The van der Waals surface area contributed by atoms with Crippen LogP contribution in [-0.4, -0.2) is 30.6 Å². The molecule has 0 amide bonds. The first-order chi connectivity index (χ1) is 9.95. The Kier molecular flexibility index (Phi) is 9.06. The molecular weight excluding hydrogens is 334 g/mol. The molecule has 0 saturated heterocycles. The van der Waals surface area contributed by atoms with E-state index in [9.17, 15) is 13.9 Å². The molecule has 0 aromatic heterocycles. The van der Waals surface area contributed by atoms with Gasteiger partial charge < -0.3 is 24.3 Å². The molecule has 8 nitrogen and oxygen atoms in total. The van der Waals surface area contributed by atoms with E-state index in [-0.39, 0.29) is 6.42 Å². The third-order valence-corrected chi connectivity index (χ3v) is 7.28. The molecule has 0 unspecified atom stereocenters. The number of ether oxygens (including phenoxy) is 1. The third kappa shape index (κ3) is 6.90. The summed E-state index contributed by atoms with van der Waals surface area (Å²) in [5.74, 6) is -1.03. The first-order valence-corrected chi connectivity index (χ1v) is 10.5. The van der Waals surface area contributed by atoms with Crippen LogP contribution in [0.3, 0.4) is 0 Å². The maximum Gasteiger partial charge on any atom is 0.381 e. The van der Waals surface area contributed by atoms with Gasteiger partial charge in [-0.05, 0) is 13.3 Å². The third-order valence-electron chi connectivity index (χ3n) is 3.37. The predicted octanol–water partition coefficient (Wildman–Crippen LogP) is 2.70. The molecule has 10 heteroatoms. The zero-order valence-electron chi connectivity index (χ0n) is 13.0. The summed E-state index contributed by atoms with van der Waals surface area (Å²) in [5, 5.41) is -3.13. The van der Waals surface area contributed by atoms with Gasteiger partial charge in [-0.15, -0.1) is 0 Å². The molecule has 22 heavy (non-hydrogen) atoms. The molecule has 132 valence electrons. The van der Waals surface area contributed by atoms with Crippen LogP contribution >= 0.6 is 15.2 Å². The lowest BCUT2D eigenvalue weighted by Gasteiger charge is -2.30. The van der Waals surface area contributed by atoms with Gasteiger partial charge in [0.1, 0.15) is 0 Å². The second-order valence-corrected chi connectivity index (χ2v) is 9.60. The van der Waals surface area contributed by atoms with Crippen LogP contribution in [0.5, 0.6) is 0 Å². The Morgan fingerprint density at radius 2 is 1.32 bits per heavy atom. The summed E-state index contributed by atoms with van der Waals surface area (Å²) < 4.78 is 26.9. The minimum atomic E-state index is -5.33. The van der Waals surface area contributed by atoms with Gasteiger partial charge in [-0.3, -0.25) is 13.9 Å². The van der Waals surface area contributed by atoms with Gasteiger partial charge in [-0.25, -0.2) is 0 Å². The van der Waals surface area contributed by atoms with Crippen LogP contribution in [0, 0.1) is 0 Å². The zero-order valence-corrected chi connectivity index (χ0v) is 14.8. The molecule has 0 saturated carbocycles. The average Bonchev–Trinajstić information content (AvgIpc) is 2.35. The van der Waals surface area contributed by atoms with Crippen molar-refractivity contribution < 1.29 is 38.2 Å². The van der Waals surface area contributed by atoms with Crippen LogP contribution in [0.1, 0.15) is 65.2 Å². The van der Waals surface area contributed by atoms with Crippen LogP contribution in [0.4, 0.5) is 0 Å². The Balaban J connectivity index is 4.34. The molecule has 0 aromatic carbocycles. The fraction of sp³-hybridized carbons (Fsp3) is 0.917. The van der Waals surface area contributed by atoms with Gasteiger partial charge >= 0.3 is 26.2 Å². The summed E-state index contributed by atoms with van der Waals surface area (Å²) in [4.78, 5) is 47.8. The van der Waals surface area contributed by atoms with E-state index < -0.39 is 26.2 Å². The standard InChI is InChI=1S/C12H26O8P2/c1-3-4-5-6-7-8-9-10-11(13)20-12(2,21(14,15)16)22(17,18)19/h3-10H2,1-2H3,(H2,14,15,16)(H2,17,18,19). The summed E-state index contributed by atoms with van der Waals surface area (Å²) in [7, 11) is -10.7. The molecular formula is C12H26O8P2. The summed E-state index contributed by atoms with van der Waals surface area (Å²) in [6.45, 7) is 2.66. The maximum absolute atomic E-state index is 11.6.